The summed E-state index contributed by atoms with van der Waals surface area (Å²) in [7, 11) is 0. The zero-order valence-corrected chi connectivity index (χ0v) is 17.8. The van der Waals surface area contributed by atoms with Gasteiger partial charge in [0.05, 0.1) is 11.2 Å². The van der Waals surface area contributed by atoms with Crippen LogP contribution in [0.2, 0.25) is 0 Å². The number of benzene rings is 3. The van der Waals surface area contributed by atoms with Crippen LogP contribution in [-0.4, -0.2) is 4.57 Å². The smallest absolute Gasteiger partial charge is 0.0541 e. The van der Waals surface area contributed by atoms with E-state index in [1.54, 1.807) is 0 Å². The highest BCUT2D eigenvalue weighted by atomic mass is 79.9. The molecule has 0 N–H and O–H groups in total. The Morgan fingerprint density at radius 2 is 1.68 bits per heavy atom. The second-order valence-corrected chi connectivity index (χ2v) is 8.78. The summed E-state index contributed by atoms with van der Waals surface area (Å²) in [5.41, 5.74) is 4.70. The van der Waals surface area contributed by atoms with Gasteiger partial charge in [-0.25, -0.2) is 0 Å². The Labute approximate surface area is 176 Å². The Bertz CT molecular complexity index is 1400. The minimum absolute atomic E-state index is 1.11. The number of para-hydroxylation sites is 1. The van der Waals surface area contributed by atoms with Crippen molar-refractivity contribution < 1.29 is 0 Å². The molecule has 5 rings (SSSR count). The fourth-order valence-electron chi connectivity index (χ4n) is 3.98. The third kappa shape index (κ3) is 2.58. The van der Waals surface area contributed by atoms with Gasteiger partial charge in [-0.3, -0.25) is 0 Å². The van der Waals surface area contributed by atoms with E-state index < -0.39 is 0 Å². The summed E-state index contributed by atoms with van der Waals surface area (Å²) in [5.74, 6) is 0. The van der Waals surface area contributed by atoms with Crippen LogP contribution in [0.5, 0.6) is 0 Å². The summed E-state index contributed by atoms with van der Waals surface area (Å²) >= 11 is 5.46. The molecule has 28 heavy (non-hydrogen) atoms. The number of aromatic nitrogens is 1. The number of rotatable bonds is 3. The Morgan fingerprint density at radius 1 is 0.929 bits per heavy atom. The molecule has 0 amide bonds. The maximum absolute atomic E-state index is 4.11. The Morgan fingerprint density at radius 3 is 2.46 bits per heavy atom. The van der Waals surface area contributed by atoms with Gasteiger partial charge in [0, 0.05) is 41.3 Å². The number of allylic oxidation sites excluding steroid dienone is 1. The molecule has 3 aromatic carbocycles. The van der Waals surface area contributed by atoms with E-state index in [2.05, 4.69) is 107 Å². The highest BCUT2D eigenvalue weighted by Gasteiger charge is 2.15. The van der Waals surface area contributed by atoms with Crippen LogP contribution in [0, 0.1) is 0 Å². The summed E-state index contributed by atoms with van der Waals surface area (Å²) in [4.78, 5) is 0. The van der Waals surface area contributed by atoms with E-state index in [9.17, 15) is 0 Å². The van der Waals surface area contributed by atoms with Crippen LogP contribution in [0.15, 0.2) is 77.8 Å². The van der Waals surface area contributed by atoms with E-state index in [0.29, 0.717) is 0 Å². The monoisotopic (exact) mass is 443 g/mol. The van der Waals surface area contributed by atoms with Crippen LogP contribution in [-0.2, 0) is 0 Å². The van der Waals surface area contributed by atoms with Crippen LogP contribution in [0.3, 0.4) is 0 Å². The maximum atomic E-state index is 4.11. The number of fused-ring (bicyclic) bond motifs is 4. The average molecular weight is 444 g/mol. The minimum Gasteiger partial charge on any atom is -0.309 e. The van der Waals surface area contributed by atoms with E-state index >= 15 is 0 Å². The van der Waals surface area contributed by atoms with E-state index in [1.165, 1.54) is 36.6 Å². The molecule has 0 atom stereocenters. The second kappa shape index (κ2) is 6.77. The van der Waals surface area contributed by atoms with Crippen LogP contribution >= 0.6 is 27.3 Å². The first-order valence-corrected chi connectivity index (χ1v) is 10.8. The topological polar surface area (TPSA) is 4.93 Å². The van der Waals surface area contributed by atoms with Gasteiger partial charge >= 0.3 is 0 Å². The average Bonchev–Trinajstić information content (AvgIpc) is 3.23. The van der Waals surface area contributed by atoms with Crippen molar-refractivity contribution in [3.8, 4) is 5.69 Å². The molecule has 5 aromatic rings. The lowest BCUT2D eigenvalue weighted by atomic mass is 10.1. The van der Waals surface area contributed by atoms with Crippen molar-refractivity contribution in [2.45, 2.75) is 6.92 Å². The van der Waals surface area contributed by atoms with E-state index in [1.807, 2.05) is 17.4 Å². The quantitative estimate of drug-likeness (QED) is 0.263. The zero-order valence-electron chi connectivity index (χ0n) is 15.4. The van der Waals surface area contributed by atoms with Crippen molar-refractivity contribution in [3.05, 3.63) is 89.0 Å². The first-order valence-electron chi connectivity index (χ1n) is 9.22. The summed E-state index contributed by atoms with van der Waals surface area (Å²) in [5, 5.41) is 3.83. The van der Waals surface area contributed by atoms with Gasteiger partial charge in [-0.15, -0.1) is 11.3 Å². The van der Waals surface area contributed by atoms with Crippen molar-refractivity contribution in [2.75, 3.05) is 0 Å². The largest absolute Gasteiger partial charge is 0.309 e. The van der Waals surface area contributed by atoms with Crippen molar-refractivity contribution in [3.63, 3.8) is 0 Å². The molecule has 0 bridgehead atoms. The molecular formula is C25H18BrNS. The molecule has 0 aliphatic carbocycles. The van der Waals surface area contributed by atoms with Crippen molar-refractivity contribution in [1.29, 1.82) is 0 Å². The molecular weight excluding hydrogens is 426 g/mol. The molecule has 2 heterocycles. The Hall–Kier alpha value is -2.62. The maximum Gasteiger partial charge on any atom is 0.0541 e. The molecule has 0 fully saturated rings. The SMILES string of the molecule is C=Cc1c(/C=C\C)c2ccccc2n1-c1ccc2sc3ccc(Br)cc3c2c1. The molecule has 0 unspecified atom stereocenters. The molecule has 136 valence electrons. The minimum atomic E-state index is 1.11. The van der Waals surface area contributed by atoms with Gasteiger partial charge in [-0.1, -0.05) is 52.9 Å². The van der Waals surface area contributed by atoms with Gasteiger partial charge in [-0.2, -0.15) is 0 Å². The fourth-order valence-corrected chi connectivity index (χ4v) is 5.41. The lowest BCUT2D eigenvalue weighted by molar-refractivity contribution is 1.11. The number of hydrogen-bond donors (Lipinski definition) is 0. The van der Waals surface area contributed by atoms with Crippen molar-refractivity contribution in [1.82, 2.24) is 4.57 Å². The highest BCUT2D eigenvalue weighted by Crippen LogP contribution is 2.38. The van der Waals surface area contributed by atoms with E-state index in [-0.39, 0.29) is 0 Å². The third-order valence-electron chi connectivity index (χ3n) is 5.15. The molecule has 0 aliphatic rings. The van der Waals surface area contributed by atoms with Gasteiger partial charge in [0.25, 0.3) is 0 Å². The molecule has 1 nitrogen and oxygen atoms in total. The highest BCUT2D eigenvalue weighted by molar-refractivity contribution is 9.10. The first-order chi connectivity index (χ1) is 13.7. The second-order valence-electron chi connectivity index (χ2n) is 6.78. The number of hydrogen-bond acceptors (Lipinski definition) is 1. The van der Waals surface area contributed by atoms with Crippen molar-refractivity contribution >= 4 is 70.5 Å². The molecule has 3 heteroatoms. The van der Waals surface area contributed by atoms with Crippen LogP contribution in [0.25, 0.3) is 48.9 Å². The van der Waals surface area contributed by atoms with E-state index in [0.717, 1.165) is 15.9 Å². The molecule has 2 aromatic heterocycles. The lowest BCUT2D eigenvalue weighted by Gasteiger charge is -2.09. The third-order valence-corrected chi connectivity index (χ3v) is 6.80. The number of halogens is 1. The number of nitrogens with zero attached hydrogens (tertiary/aromatic N) is 1. The van der Waals surface area contributed by atoms with Gasteiger partial charge in [0.2, 0.25) is 0 Å². The molecule has 0 saturated carbocycles. The normalized spacial score (nSPS) is 11.9. The first kappa shape index (κ1) is 17.5. The van der Waals surface area contributed by atoms with E-state index in [4.69, 9.17) is 0 Å². The Balaban J connectivity index is 1.87. The van der Waals surface area contributed by atoms with Gasteiger partial charge in [0.1, 0.15) is 0 Å². The van der Waals surface area contributed by atoms with Crippen molar-refractivity contribution in [2.24, 2.45) is 0 Å². The van der Waals surface area contributed by atoms with Crippen LogP contribution in [0.4, 0.5) is 0 Å². The van der Waals surface area contributed by atoms with Gasteiger partial charge in [0.15, 0.2) is 0 Å². The molecule has 0 aliphatic heterocycles. The molecule has 0 saturated heterocycles. The van der Waals surface area contributed by atoms with Crippen LogP contribution in [0.1, 0.15) is 18.2 Å². The summed E-state index contributed by atoms with van der Waals surface area (Å²) in [6.45, 7) is 6.17. The van der Waals surface area contributed by atoms with Gasteiger partial charge in [-0.05, 0) is 55.5 Å². The molecule has 0 radical (unpaired) electrons. The predicted octanol–water partition coefficient (Wildman–Crippen LogP) is 8.44. The zero-order chi connectivity index (χ0) is 19.3. The predicted molar refractivity (Wildman–Crippen MR) is 129 cm³/mol. The Kier molecular flexibility index (Phi) is 4.22. The summed E-state index contributed by atoms with van der Waals surface area (Å²) in [6, 6.07) is 21.8. The lowest BCUT2D eigenvalue weighted by Crippen LogP contribution is -1.96. The number of thiophene rings is 1. The summed E-state index contributed by atoms with van der Waals surface area (Å²) < 4.78 is 6.05. The van der Waals surface area contributed by atoms with Gasteiger partial charge < -0.3 is 4.57 Å². The fraction of sp³-hybridized carbons (Fsp3) is 0.0400. The molecule has 0 spiro atoms. The summed E-state index contributed by atoms with van der Waals surface area (Å²) in [6.07, 6.45) is 6.22. The van der Waals surface area contributed by atoms with Crippen LogP contribution < -0.4 is 0 Å². The standard InChI is InChI=1S/C25H18BrNS/c1-3-7-18-19-8-5-6-9-23(19)27(22(18)4-2)17-11-13-25-21(15-17)20-14-16(26)10-12-24(20)28-25/h3-15H,2H2,1H3/b7-3-.